The van der Waals surface area contributed by atoms with Gasteiger partial charge in [0.05, 0.1) is 4.47 Å². The van der Waals surface area contributed by atoms with Crippen LogP contribution in [-0.2, 0) is 0 Å². The Bertz CT molecular complexity index is 611. The van der Waals surface area contributed by atoms with Crippen molar-refractivity contribution in [2.45, 2.75) is 0 Å². The van der Waals surface area contributed by atoms with Gasteiger partial charge in [-0.15, -0.1) is 0 Å². The van der Waals surface area contributed by atoms with Gasteiger partial charge in [-0.05, 0) is 51.3 Å². The Morgan fingerprint density at radius 3 is 2.38 bits per heavy atom. The van der Waals surface area contributed by atoms with Gasteiger partial charge in [0, 0.05) is 12.7 Å². The van der Waals surface area contributed by atoms with Crippen LogP contribution in [0.4, 0.5) is 10.1 Å². The lowest BCUT2D eigenvalue weighted by Gasteiger charge is -2.06. The monoisotopic (exact) mass is 349 g/mol. The van der Waals surface area contributed by atoms with Gasteiger partial charge in [-0.25, -0.2) is 4.39 Å². The Labute approximate surface area is 132 Å². The van der Waals surface area contributed by atoms with Crippen LogP contribution in [0.2, 0.25) is 0 Å². The molecule has 0 spiro atoms. The van der Waals surface area contributed by atoms with Gasteiger partial charge in [0.1, 0.15) is 19.0 Å². The summed E-state index contributed by atoms with van der Waals surface area (Å²) in [5, 5.41) is 3.09. The summed E-state index contributed by atoms with van der Waals surface area (Å²) in [6, 6.07) is 13.9. The van der Waals surface area contributed by atoms with E-state index in [-0.39, 0.29) is 6.61 Å². The first kappa shape index (κ1) is 15.6. The van der Waals surface area contributed by atoms with Crippen LogP contribution in [0.5, 0.6) is 5.75 Å². The van der Waals surface area contributed by atoms with E-state index in [2.05, 4.69) is 33.4 Å². The van der Waals surface area contributed by atoms with Crippen molar-refractivity contribution in [3.8, 4) is 5.75 Å². The summed E-state index contributed by atoms with van der Waals surface area (Å²) < 4.78 is 18.2. The third-order valence-electron chi connectivity index (χ3n) is 2.96. The van der Waals surface area contributed by atoms with E-state index in [1.165, 1.54) is 0 Å². The molecule has 21 heavy (non-hydrogen) atoms. The lowest BCUT2D eigenvalue weighted by molar-refractivity contribution is 0.272. The van der Waals surface area contributed by atoms with Crippen molar-refractivity contribution < 1.29 is 9.13 Å². The number of benzene rings is 2. The Hall–Kier alpha value is -1.81. The molecule has 0 saturated heterocycles. The molecule has 0 aliphatic rings. The summed E-state index contributed by atoms with van der Waals surface area (Å²) >= 11 is 3.43. The van der Waals surface area contributed by atoms with Gasteiger partial charge in [-0.1, -0.05) is 30.4 Å². The van der Waals surface area contributed by atoms with Gasteiger partial charge >= 0.3 is 0 Å². The summed E-state index contributed by atoms with van der Waals surface area (Å²) in [5.74, 6) is 0.656. The van der Waals surface area contributed by atoms with Crippen molar-refractivity contribution in [2.75, 3.05) is 25.6 Å². The highest BCUT2D eigenvalue weighted by Gasteiger charge is 2.01. The summed E-state index contributed by atoms with van der Waals surface area (Å²) in [4.78, 5) is 0. The zero-order valence-corrected chi connectivity index (χ0v) is 13.4. The van der Waals surface area contributed by atoms with Gasteiger partial charge < -0.3 is 10.1 Å². The minimum absolute atomic E-state index is 0.0750. The lowest BCUT2D eigenvalue weighted by atomic mass is 10.1. The quantitative estimate of drug-likeness (QED) is 0.740. The first-order chi connectivity index (χ1) is 10.2. The van der Waals surface area contributed by atoms with E-state index in [1.54, 1.807) is 0 Å². The Balaban J connectivity index is 2.07. The minimum Gasteiger partial charge on any atom is -0.490 e. The minimum atomic E-state index is -0.489. The van der Waals surface area contributed by atoms with Crippen LogP contribution in [-0.4, -0.2) is 20.3 Å². The number of ether oxygens (including phenoxy) is 1. The van der Waals surface area contributed by atoms with Crippen LogP contribution >= 0.6 is 15.9 Å². The molecule has 0 amide bonds. The van der Waals surface area contributed by atoms with Crippen molar-refractivity contribution in [3.05, 3.63) is 58.1 Å². The number of hydrogen-bond acceptors (Lipinski definition) is 2. The maximum Gasteiger partial charge on any atom is 0.133 e. The molecule has 0 aromatic heterocycles. The normalized spacial score (nSPS) is 10.8. The third kappa shape index (κ3) is 4.60. The Morgan fingerprint density at radius 1 is 1.10 bits per heavy atom. The van der Waals surface area contributed by atoms with Gasteiger partial charge in [0.2, 0.25) is 0 Å². The molecule has 0 atom stereocenters. The van der Waals surface area contributed by atoms with Gasteiger partial charge in [-0.3, -0.25) is 0 Å². The van der Waals surface area contributed by atoms with Gasteiger partial charge in [0.25, 0.3) is 0 Å². The average Bonchev–Trinajstić information content (AvgIpc) is 2.52. The molecule has 1 N–H and O–H groups in total. The van der Waals surface area contributed by atoms with Crippen LogP contribution < -0.4 is 10.1 Å². The van der Waals surface area contributed by atoms with Crippen molar-refractivity contribution in [3.63, 3.8) is 0 Å². The predicted octanol–water partition coefficient (Wildman–Crippen LogP) is 5.01. The second-order valence-electron chi connectivity index (χ2n) is 4.43. The largest absolute Gasteiger partial charge is 0.490 e. The highest BCUT2D eigenvalue weighted by atomic mass is 79.9. The molecule has 0 fully saturated rings. The van der Waals surface area contributed by atoms with Crippen LogP contribution in [0.1, 0.15) is 11.1 Å². The number of anilines is 1. The fraction of sp³-hybridized carbons (Fsp3) is 0.176. The molecule has 2 nitrogen and oxygen atoms in total. The van der Waals surface area contributed by atoms with E-state index >= 15 is 0 Å². The summed E-state index contributed by atoms with van der Waals surface area (Å²) in [6.07, 6.45) is 4.07. The van der Waals surface area contributed by atoms with E-state index in [0.717, 1.165) is 21.3 Å². The average molecular weight is 350 g/mol. The summed E-state index contributed by atoms with van der Waals surface area (Å²) in [7, 11) is 1.90. The highest BCUT2D eigenvalue weighted by Crippen LogP contribution is 2.26. The van der Waals surface area contributed by atoms with Crippen molar-refractivity contribution in [2.24, 2.45) is 0 Å². The van der Waals surface area contributed by atoms with Crippen molar-refractivity contribution in [1.82, 2.24) is 0 Å². The molecule has 4 heteroatoms. The van der Waals surface area contributed by atoms with Crippen molar-refractivity contribution in [1.29, 1.82) is 0 Å². The molecule has 2 rings (SSSR count). The molecule has 0 aliphatic heterocycles. The molecular weight excluding hydrogens is 333 g/mol. The summed E-state index contributed by atoms with van der Waals surface area (Å²) in [5.41, 5.74) is 3.26. The molecule has 0 heterocycles. The number of hydrogen-bond donors (Lipinski definition) is 1. The van der Waals surface area contributed by atoms with Crippen molar-refractivity contribution >= 4 is 33.8 Å². The zero-order valence-electron chi connectivity index (χ0n) is 11.8. The molecule has 0 saturated carbocycles. The first-order valence-corrected chi connectivity index (χ1v) is 7.46. The molecule has 2 aromatic rings. The van der Waals surface area contributed by atoms with Crippen LogP contribution in [0.15, 0.2) is 46.9 Å². The van der Waals surface area contributed by atoms with Crippen LogP contribution in [0.25, 0.3) is 12.2 Å². The molecule has 2 aromatic carbocycles. The number of alkyl halides is 1. The SMILES string of the molecule is CNc1ccc(/C=C/c2ccc(OCCF)c(Br)c2)cc1. The number of halogens is 2. The fourth-order valence-electron chi connectivity index (χ4n) is 1.84. The maximum absolute atomic E-state index is 12.1. The Morgan fingerprint density at radius 2 is 1.76 bits per heavy atom. The Kier molecular flexibility index (Phi) is 5.81. The van der Waals surface area contributed by atoms with Gasteiger partial charge in [-0.2, -0.15) is 0 Å². The molecule has 0 bridgehead atoms. The first-order valence-electron chi connectivity index (χ1n) is 6.67. The predicted molar refractivity (Wildman–Crippen MR) is 90.5 cm³/mol. The maximum atomic E-state index is 12.1. The van der Waals surface area contributed by atoms with Crippen LogP contribution in [0.3, 0.4) is 0 Å². The summed E-state index contributed by atoms with van der Waals surface area (Å²) in [6.45, 7) is -0.414. The van der Waals surface area contributed by atoms with E-state index in [9.17, 15) is 4.39 Å². The van der Waals surface area contributed by atoms with Gasteiger partial charge in [0.15, 0.2) is 0 Å². The zero-order chi connectivity index (χ0) is 15.1. The van der Waals surface area contributed by atoms with E-state index < -0.39 is 6.67 Å². The smallest absolute Gasteiger partial charge is 0.133 e. The third-order valence-corrected chi connectivity index (χ3v) is 3.58. The molecule has 110 valence electrons. The highest BCUT2D eigenvalue weighted by molar-refractivity contribution is 9.10. The molecule has 0 radical (unpaired) electrons. The lowest BCUT2D eigenvalue weighted by Crippen LogP contribution is -1.99. The second kappa shape index (κ2) is 7.84. The molecule has 0 aliphatic carbocycles. The van der Waals surface area contributed by atoms with E-state index in [0.29, 0.717) is 5.75 Å². The number of nitrogens with one attached hydrogen (secondary N) is 1. The topological polar surface area (TPSA) is 21.3 Å². The molecular formula is C17H17BrFNO. The number of rotatable bonds is 6. The standard InChI is InChI=1S/C17H17BrFNO/c1-20-15-7-4-13(5-8-15)2-3-14-6-9-17(16(18)12-14)21-11-10-19/h2-9,12,20H,10-11H2,1H3/b3-2+. The van der Waals surface area contributed by atoms with E-state index in [1.807, 2.05) is 49.5 Å². The second-order valence-corrected chi connectivity index (χ2v) is 5.29. The van der Waals surface area contributed by atoms with Crippen LogP contribution in [0, 0.1) is 0 Å². The van der Waals surface area contributed by atoms with E-state index in [4.69, 9.17) is 4.74 Å². The molecule has 0 unspecified atom stereocenters. The fourth-order valence-corrected chi connectivity index (χ4v) is 2.35.